The van der Waals surface area contributed by atoms with Crippen molar-refractivity contribution in [2.75, 3.05) is 19.7 Å². The molecule has 2 aliphatic heterocycles. The first-order valence-electron chi connectivity index (χ1n) is 9.25. The Bertz CT molecular complexity index is 775. The highest BCUT2D eigenvalue weighted by Gasteiger charge is 2.45. The highest BCUT2D eigenvalue weighted by molar-refractivity contribution is 5.76. The molecule has 1 aromatic rings. The van der Waals surface area contributed by atoms with E-state index in [4.69, 9.17) is 24.5 Å². The van der Waals surface area contributed by atoms with Crippen LogP contribution in [-0.2, 0) is 25.7 Å². The number of nitrogens with one attached hydrogen (secondary N) is 2. The summed E-state index contributed by atoms with van der Waals surface area (Å²) >= 11 is 0. The summed E-state index contributed by atoms with van der Waals surface area (Å²) in [6, 6.07) is 3.82. The fraction of sp³-hybridized carbons (Fsp3) is 0.556. The molecule has 33 heavy (non-hydrogen) atoms. The van der Waals surface area contributed by atoms with Crippen molar-refractivity contribution in [3.8, 4) is 0 Å². The maximum atomic E-state index is 11.9. The van der Waals surface area contributed by atoms with E-state index in [1.165, 1.54) is 0 Å². The van der Waals surface area contributed by atoms with Crippen molar-refractivity contribution in [3.63, 3.8) is 0 Å². The molecule has 0 aromatic carbocycles. The zero-order valence-corrected chi connectivity index (χ0v) is 16.9. The Hall–Kier alpha value is -2.94. The first-order valence-corrected chi connectivity index (χ1v) is 9.25. The van der Waals surface area contributed by atoms with Crippen LogP contribution in [-0.4, -0.2) is 70.7 Å². The molecule has 1 unspecified atom stereocenters. The lowest BCUT2D eigenvalue weighted by molar-refractivity contribution is -0.193. The summed E-state index contributed by atoms with van der Waals surface area (Å²) in [5.41, 5.74) is 1.11. The first-order chi connectivity index (χ1) is 15.1. The van der Waals surface area contributed by atoms with Crippen LogP contribution in [0.2, 0.25) is 0 Å². The van der Waals surface area contributed by atoms with Crippen molar-refractivity contribution in [3.05, 3.63) is 30.1 Å². The minimum absolute atomic E-state index is 0.0377. The Labute approximate surface area is 183 Å². The number of rotatable bonds is 4. The lowest BCUT2D eigenvalue weighted by Gasteiger charge is -2.38. The van der Waals surface area contributed by atoms with Gasteiger partial charge in [0.05, 0.1) is 12.2 Å². The van der Waals surface area contributed by atoms with Crippen molar-refractivity contribution in [2.45, 2.75) is 37.3 Å². The number of carboxylic acid groups (broad SMARTS) is 2. The molecule has 4 N–H and O–H groups in total. The van der Waals surface area contributed by atoms with Gasteiger partial charge < -0.3 is 25.6 Å². The molecule has 1 atom stereocenters. The molecule has 3 rings (SSSR count). The second kappa shape index (κ2) is 11.8. The molecule has 0 bridgehead atoms. The Morgan fingerprint density at radius 1 is 1.06 bits per heavy atom. The van der Waals surface area contributed by atoms with E-state index in [0.717, 1.165) is 25.1 Å². The number of ether oxygens (including phenoxy) is 1. The van der Waals surface area contributed by atoms with Crippen molar-refractivity contribution in [1.29, 1.82) is 0 Å². The number of halogens is 6. The first kappa shape index (κ1) is 28.1. The van der Waals surface area contributed by atoms with E-state index < -0.39 is 24.3 Å². The summed E-state index contributed by atoms with van der Waals surface area (Å²) < 4.78 is 69.3. The largest absolute Gasteiger partial charge is 0.490 e. The molecule has 186 valence electrons. The number of hydrogen-bond acceptors (Lipinski definition) is 6. The molecule has 2 fully saturated rings. The van der Waals surface area contributed by atoms with Crippen LogP contribution in [0.25, 0.3) is 0 Å². The highest BCUT2D eigenvalue weighted by Crippen LogP contribution is 2.34. The average Bonchev–Trinajstić information content (AvgIpc) is 3.11. The monoisotopic (exact) mass is 489 g/mol. The fourth-order valence-corrected chi connectivity index (χ4v) is 2.76. The van der Waals surface area contributed by atoms with E-state index in [-0.39, 0.29) is 11.5 Å². The average molecular weight is 489 g/mol. The van der Waals surface area contributed by atoms with Gasteiger partial charge >= 0.3 is 24.3 Å². The molecule has 0 radical (unpaired) electrons. The van der Waals surface area contributed by atoms with Gasteiger partial charge in [0.2, 0.25) is 5.91 Å². The van der Waals surface area contributed by atoms with Gasteiger partial charge in [-0.2, -0.15) is 26.3 Å². The number of nitrogens with zero attached hydrogens (tertiary/aromatic N) is 1. The van der Waals surface area contributed by atoms with Crippen LogP contribution in [0.4, 0.5) is 26.3 Å². The Kier molecular flexibility index (Phi) is 10.0. The van der Waals surface area contributed by atoms with Crippen molar-refractivity contribution in [2.24, 2.45) is 5.92 Å². The Balaban J connectivity index is 0.000000324. The molecule has 1 amide bonds. The van der Waals surface area contributed by atoms with E-state index in [1.807, 2.05) is 12.1 Å². The highest BCUT2D eigenvalue weighted by atomic mass is 19.4. The van der Waals surface area contributed by atoms with Gasteiger partial charge in [0.1, 0.15) is 0 Å². The number of hydrogen-bond donors (Lipinski definition) is 4. The van der Waals surface area contributed by atoms with E-state index in [2.05, 4.69) is 15.6 Å². The zero-order valence-electron chi connectivity index (χ0n) is 16.9. The van der Waals surface area contributed by atoms with Crippen LogP contribution in [0.15, 0.2) is 24.5 Å². The summed E-state index contributed by atoms with van der Waals surface area (Å²) in [4.78, 5) is 33.6. The molecule has 2 saturated heterocycles. The fourth-order valence-electron chi connectivity index (χ4n) is 2.76. The number of aromatic nitrogens is 1. The Morgan fingerprint density at radius 2 is 1.55 bits per heavy atom. The third kappa shape index (κ3) is 10.5. The van der Waals surface area contributed by atoms with Crippen LogP contribution >= 0.6 is 0 Å². The number of alkyl halides is 6. The molecule has 0 aliphatic carbocycles. The third-order valence-corrected chi connectivity index (χ3v) is 4.38. The normalized spacial score (nSPS) is 18.7. The predicted molar refractivity (Wildman–Crippen MR) is 97.7 cm³/mol. The third-order valence-electron chi connectivity index (χ3n) is 4.38. The minimum Gasteiger partial charge on any atom is -0.475 e. The molecule has 15 heteroatoms. The minimum atomic E-state index is -5.08. The van der Waals surface area contributed by atoms with Gasteiger partial charge in [-0.25, -0.2) is 9.59 Å². The standard InChI is InChI=1S/C14H19N3O2.2C2HF3O2/c18-13(17-7-11-1-3-15-4-2-11)5-12-6-14(19-8-12)9-16-10-14;2*3-2(4,5)1(6)7/h1-4,12,16H,5-10H2,(H,17,18);2*(H,6,7). The number of carbonyl (C=O) groups excluding carboxylic acids is 1. The summed E-state index contributed by atoms with van der Waals surface area (Å²) in [6.45, 7) is 3.15. The molecule has 9 nitrogen and oxygen atoms in total. The van der Waals surface area contributed by atoms with Gasteiger partial charge in [-0.3, -0.25) is 9.78 Å². The number of pyridine rings is 1. The number of carboxylic acids is 2. The van der Waals surface area contributed by atoms with E-state index >= 15 is 0 Å². The molecule has 1 aromatic heterocycles. The van der Waals surface area contributed by atoms with Crippen molar-refractivity contribution < 1.29 is 55.7 Å². The molecular formula is C18H21F6N3O6. The smallest absolute Gasteiger partial charge is 0.475 e. The van der Waals surface area contributed by atoms with Crippen LogP contribution in [0.3, 0.4) is 0 Å². The van der Waals surface area contributed by atoms with E-state index in [0.29, 0.717) is 25.5 Å². The lowest BCUT2D eigenvalue weighted by atomic mass is 9.88. The van der Waals surface area contributed by atoms with Crippen LogP contribution < -0.4 is 10.6 Å². The van der Waals surface area contributed by atoms with Crippen LogP contribution in [0.5, 0.6) is 0 Å². The topological polar surface area (TPSA) is 138 Å². The van der Waals surface area contributed by atoms with Gasteiger partial charge in [0, 0.05) is 38.4 Å². The molecule has 3 heterocycles. The zero-order chi connectivity index (χ0) is 25.3. The van der Waals surface area contributed by atoms with Crippen molar-refractivity contribution in [1.82, 2.24) is 15.6 Å². The predicted octanol–water partition coefficient (Wildman–Crippen LogP) is 1.73. The summed E-state index contributed by atoms with van der Waals surface area (Å²) in [6.07, 6.45) is -5.13. The number of aliphatic carboxylic acids is 2. The van der Waals surface area contributed by atoms with Gasteiger partial charge in [-0.15, -0.1) is 0 Å². The maximum absolute atomic E-state index is 11.9. The lowest BCUT2D eigenvalue weighted by Crippen LogP contribution is -2.59. The molecule has 0 saturated carbocycles. The van der Waals surface area contributed by atoms with Crippen LogP contribution in [0.1, 0.15) is 18.4 Å². The maximum Gasteiger partial charge on any atom is 0.490 e. The Morgan fingerprint density at radius 3 is 1.91 bits per heavy atom. The number of carbonyl (C=O) groups is 3. The summed E-state index contributed by atoms with van der Waals surface area (Å²) in [7, 11) is 0. The summed E-state index contributed by atoms with van der Waals surface area (Å²) in [5.74, 6) is -5.05. The second-order valence-electron chi connectivity index (χ2n) is 7.11. The number of amides is 1. The van der Waals surface area contributed by atoms with Crippen molar-refractivity contribution >= 4 is 17.8 Å². The summed E-state index contributed by atoms with van der Waals surface area (Å²) in [5, 5.41) is 20.4. The molecular weight excluding hydrogens is 468 g/mol. The molecule has 2 aliphatic rings. The van der Waals surface area contributed by atoms with E-state index in [1.54, 1.807) is 12.4 Å². The van der Waals surface area contributed by atoms with Crippen LogP contribution in [0, 0.1) is 5.92 Å². The quantitative estimate of drug-likeness (QED) is 0.470. The van der Waals surface area contributed by atoms with Gasteiger partial charge in [0.15, 0.2) is 0 Å². The molecule has 1 spiro atoms. The SMILES string of the molecule is O=C(CC1COC2(CNC2)C1)NCc1ccncc1.O=C(O)C(F)(F)F.O=C(O)C(F)(F)F. The van der Waals surface area contributed by atoms with Gasteiger partial charge in [-0.1, -0.05) is 0 Å². The second-order valence-corrected chi connectivity index (χ2v) is 7.11. The van der Waals surface area contributed by atoms with Gasteiger partial charge in [0.25, 0.3) is 0 Å². The van der Waals surface area contributed by atoms with E-state index in [9.17, 15) is 31.1 Å². The van der Waals surface area contributed by atoms with Gasteiger partial charge in [-0.05, 0) is 30.0 Å².